The molecule has 1 saturated carbocycles. The van der Waals surface area contributed by atoms with Crippen LogP contribution in [0.5, 0.6) is 0 Å². The number of benzene rings is 2. The minimum absolute atomic E-state index is 0.778. The van der Waals surface area contributed by atoms with Gasteiger partial charge >= 0.3 is 0 Å². The van der Waals surface area contributed by atoms with Crippen LogP contribution in [0.3, 0.4) is 0 Å². The van der Waals surface area contributed by atoms with Crippen molar-refractivity contribution in [2.75, 3.05) is 5.73 Å². The normalized spacial score (nSPS) is 16.2. The van der Waals surface area contributed by atoms with Crippen LogP contribution >= 0.6 is 0 Å². The van der Waals surface area contributed by atoms with Gasteiger partial charge in [-0.15, -0.1) is 0 Å². The fourth-order valence-electron chi connectivity index (χ4n) is 3.32. The number of nitrogen functional groups attached to an aromatic ring is 1. The lowest BCUT2D eigenvalue weighted by atomic mass is 9.83. The van der Waals surface area contributed by atoms with Crippen LogP contribution in [-0.4, -0.2) is 0 Å². The molecule has 0 aromatic heterocycles. The summed E-state index contributed by atoms with van der Waals surface area (Å²) < 4.78 is 0. The van der Waals surface area contributed by atoms with E-state index in [1.54, 1.807) is 0 Å². The van der Waals surface area contributed by atoms with E-state index in [1.807, 2.05) is 6.07 Å². The van der Waals surface area contributed by atoms with Gasteiger partial charge < -0.3 is 5.73 Å². The average Bonchev–Trinajstić information content (AvgIpc) is 2.51. The highest BCUT2D eigenvalue weighted by atomic mass is 14.5. The van der Waals surface area contributed by atoms with Crippen molar-refractivity contribution in [3.05, 3.63) is 53.6 Å². The summed E-state index contributed by atoms with van der Waals surface area (Å²) in [5.74, 6) is 0.778. The lowest BCUT2D eigenvalue weighted by Gasteiger charge is -2.22. The van der Waals surface area contributed by atoms with Gasteiger partial charge in [-0.25, -0.2) is 0 Å². The van der Waals surface area contributed by atoms with Crippen LogP contribution in [0, 0.1) is 6.92 Å². The molecule has 2 aromatic carbocycles. The Labute approximate surface area is 121 Å². The van der Waals surface area contributed by atoms with E-state index in [0.29, 0.717) is 0 Å². The van der Waals surface area contributed by atoms with Crippen molar-refractivity contribution in [2.45, 2.75) is 44.9 Å². The van der Waals surface area contributed by atoms with Crippen LogP contribution < -0.4 is 5.73 Å². The molecule has 1 aliphatic carbocycles. The SMILES string of the molecule is Cc1ccc(N)cc1-c1ccc(C2CCCCC2)cc1. The molecule has 0 saturated heterocycles. The van der Waals surface area contributed by atoms with Gasteiger partial charge in [0.1, 0.15) is 0 Å². The van der Waals surface area contributed by atoms with Gasteiger partial charge in [0, 0.05) is 5.69 Å². The van der Waals surface area contributed by atoms with Gasteiger partial charge in [-0.1, -0.05) is 49.6 Å². The third-order valence-electron chi connectivity index (χ3n) is 4.56. The largest absolute Gasteiger partial charge is 0.399 e. The number of aryl methyl sites for hydroxylation is 1. The molecule has 2 aromatic rings. The van der Waals surface area contributed by atoms with Crippen LogP contribution in [-0.2, 0) is 0 Å². The second-order valence-corrected chi connectivity index (χ2v) is 6.03. The molecular formula is C19H23N. The summed E-state index contributed by atoms with van der Waals surface area (Å²) in [6.07, 6.45) is 6.91. The summed E-state index contributed by atoms with van der Waals surface area (Å²) in [5.41, 5.74) is 12.1. The molecule has 0 atom stereocenters. The Morgan fingerprint density at radius 2 is 1.60 bits per heavy atom. The summed E-state index contributed by atoms with van der Waals surface area (Å²) in [5, 5.41) is 0. The monoisotopic (exact) mass is 265 g/mol. The quantitative estimate of drug-likeness (QED) is 0.733. The first-order chi connectivity index (χ1) is 9.74. The van der Waals surface area contributed by atoms with Gasteiger partial charge in [0.2, 0.25) is 0 Å². The predicted molar refractivity (Wildman–Crippen MR) is 86.9 cm³/mol. The van der Waals surface area contributed by atoms with Crippen molar-refractivity contribution >= 4 is 5.69 Å². The molecule has 1 nitrogen and oxygen atoms in total. The summed E-state index contributed by atoms with van der Waals surface area (Å²) >= 11 is 0. The minimum Gasteiger partial charge on any atom is -0.399 e. The summed E-state index contributed by atoms with van der Waals surface area (Å²) in [6, 6.07) is 15.3. The number of hydrogen-bond donors (Lipinski definition) is 1. The first-order valence-corrected chi connectivity index (χ1v) is 7.70. The summed E-state index contributed by atoms with van der Waals surface area (Å²) in [7, 11) is 0. The number of anilines is 1. The van der Waals surface area contributed by atoms with Crippen molar-refractivity contribution in [3.63, 3.8) is 0 Å². The highest BCUT2D eigenvalue weighted by Gasteiger charge is 2.15. The lowest BCUT2D eigenvalue weighted by molar-refractivity contribution is 0.443. The fraction of sp³-hybridized carbons (Fsp3) is 0.368. The first-order valence-electron chi connectivity index (χ1n) is 7.70. The fourth-order valence-corrected chi connectivity index (χ4v) is 3.32. The summed E-state index contributed by atoms with van der Waals surface area (Å²) in [4.78, 5) is 0. The van der Waals surface area contributed by atoms with Gasteiger partial charge in [0.25, 0.3) is 0 Å². The molecule has 3 rings (SSSR count). The van der Waals surface area contributed by atoms with Gasteiger partial charge in [0.05, 0.1) is 0 Å². The molecule has 0 aliphatic heterocycles. The Kier molecular flexibility index (Phi) is 3.77. The maximum Gasteiger partial charge on any atom is 0.0320 e. The molecule has 20 heavy (non-hydrogen) atoms. The molecule has 0 unspecified atom stereocenters. The molecule has 0 spiro atoms. The number of nitrogens with two attached hydrogens (primary N) is 1. The number of rotatable bonds is 2. The molecular weight excluding hydrogens is 242 g/mol. The molecule has 2 N–H and O–H groups in total. The van der Waals surface area contributed by atoms with Crippen molar-refractivity contribution in [3.8, 4) is 11.1 Å². The molecule has 1 fully saturated rings. The van der Waals surface area contributed by atoms with Crippen LogP contribution in [0.1, 0.15) is 49.1 Å². The van der Waals surface area contributed by atoms with Crippen LogP contribution in [0.4, 0.5) is 5.69 Å². The van der Waals surface area contributed by atoms with E-state index in [0.717, 1.165) is 11.6 Å². The smallest absolute Gasteiger partial charge is 0.0320 e. The van der Waals surface area contributed by atoms with E-state index in [-0.39, 0.29) is 0 Å². The Bertz CT molecular complexity index is 577. The highest BCUT2D eigenvalue weighted by molar-refractivity contribution is 5.71. The predicted octanol–water partition coefficient (Wildman–Crippen LogP) is 5.29. The molecule has 104 valence electrons. The lowest BCUT2D eigenvalue weighted by Crippen LogP contribution is -2.04. The Morgan fingerprint density at radius 1 is 0.900 bits per heavy atom. The van der Waals surface area contributed by atoms with E-state index < -0.39 is 0 Å². The molecule has 0 radical (unpaired) electrons. The van der Waals surface area contributed by atoms with E-state index in [4.69, 9.17) is 5.73 Å². The van der Waals surface area contributed by atoms with Gasteiger partial charge in [-0.2, -0.15) is 0 Å². The molecule has 1 aliphatic rings. The molecule has 0 heterocycles. The van der Waals surface area contributed by atoms with E-state index >= 15 is 0 Å². The second kappa shape index (κ2) is 5.70. The molecule has 1 heteroatoms. The second-order valence-electron chi connectivity index (χ2n) is 6.03. The zero-order valence-corrected chi connectivity index (χ0v) is 12.2. The van der Waals surface area contributed by atoms with Crippen molar-refractivity contribution in [2.24, 2.45) is 0 Å². The van der Waals surface area contributed by atoms with E-state index in [1.165, 1.54) is 54.4 Å². The van der Waals surface area contributed by atoms with Crippen LogP contribution in [0.25, 0.3) is 11.1 Å². The van der Waals surface area contributed by atoms with Crippen molar-refractivity contribution in [1.82, 2.24) is 0 Å². The van der Waals surface area contributed by atoms with Gasteiger partial charge in [-0.3, -0.25) is 0 Å². The van der Waals surface area contributed by atoms with Crippen molar-refractivity contribution in [1.29, 1.82) is 0 Å². The number of hydrogen-bond acceptors (Lipinski definition) is 1. The molecule has 0 bridgehead atoms. The molecule has 0 amide bonds. The Hall–Kier alpha value is -1.76. The van der Waals surface area contributed by atoms with E-state index in [2.05, 4.69) is 43.3 Å². The Balaban J connectivity index is 1.87. The van der Waals surface area contributed by atoms with Crippen molar-refractivity contribution < 1.29 is 0 Å². The Morgan fingerprint density at radius 3 is 2.30 bits per heavy atom. The minimum atomic E-state index is 0.778. The average molecular weight is 265 g/mol. The standard InChI is InChI=1S/C19H23N/c1-14-7-12-18(20)13-19(14)17-10-8-16(9-11-17)15-5-3-2-4-6-15/h7-13,15H,2-6,20H2,1H3. The maximum absolute atomic E-state index is 5.91. The van der Waals surface area contributed by atoms with Crippen LogP contribution in [0.2, 0.25) is 0 Å². The third kappa shape index (κ3) is 2.72. The third-order valence-corrected chi connectivity index (χ3v) is 4.56. The zero-order chi connectivity index (χ0) is 13.9. The van der Waals surface area contributed by atoms with Gasteiger partial charge in [-0.05, 0) is 60.1 Å². The topological polar surface area (TPSA) is 26.0 Å². The highest BCUT2D eigenvalue weighted by Crippen LogP contribution is 2.34. The van der Waals surface area contributed by atoms with E-state index in [9.17, 15) is 0 Å². The van der Waals surface area contributed by atoms with Gasteiger partial charge in [0.15, 0.2) is 0 Å². The summed E-state index contributed by atoms with van der Waals surface area (Å²) in [6.45, 7) is 2.14. The zero-order valence-electron chi connectivity index (χ0n) is 12.2. The van der Waals surface area contributed by atoms with Crippen LogP contribution in [0.15, 0.2) is 42.5 Å². The maximum atomic E-state index is 5.91. The first kappa shape index (κ1) is 13.2.